The molecule has 0 radical (unpaired) electrons. The molecule has 0 bridgehead atoms. The maximum Gasteiger partial charge on any atom is 0.315 e. The zero-order valence-corrected chi connectivity index (χ0v) is 10.7. The van der Waals surface area contributed by atoms with Crippen LogP contribution in [-0.4, -0.2) is 23.3 Å². The first-order valence-electron chi connectivity index (χ1n) is 5.35. The van der Waals surface area contributed by atoms with Crippen molar-refractivity contribution in [2.24, 2.45) is 0 Å². The van der Waals surface area contributed by atoms with Gasteiger partial charge in [-0.2, -0.15) is 0 Å². The fourth-order valence-electron chi connectivity index (χ4n) is 1.21. The number of urea groups is 1. The lowest BCUT2D eigenvalue weighted by Gasteiger charge is -2.23. The number of carbonyl (C=O) groups is 1. The number of amides is 2. The summed E-state index contributed by atoms with van der Waals surface area (Å²) in [6.45, 7) is 3.71. The summed E-state index contributed by atoms with van der Waals surface area (Å²) in [6.07, 6.45) is 0. The second kappa shape index (κ2) is 5.89. The summed E-state index contributed by atoms with van der Waals surface area (Å²) in [5.41, 5.74) is 0.219. The topological polar surface area (TPSA) is 61.4 Å². The van der Waals surface area contributed by atoms with Crippen LogP contribution in [0.5, 0.6) is 0 Å². The van der Waals surface area contributed by atoms with Crippen LogP contribution in [0.25, 0.3) is 0 Å². The maximum atomic E-state index is 11.5. The molecule has 0 aliphatic carbocycles. The Morgan fingerprint density at radius 1 is 1.41 bits per heavy atom. The number of hydrogen-bond donors (Lipinski definition) is 3. The number of halogens is 1. The van der Waals surface area contributed by atoms with E-state index in [0.29, 0.717) is 11.6 Å². The van der Waals surface area contributed by atoms with E-state index in [9.17, 15) is 4.79 Å². The summed E-state index contributed by atoms with van der Waals surface area (Å²) in [4.78, 5) is 11.5. The van der Waals surface area contributed by atoms with Crippen molar-refractivity contribution in [3.05, 3.63) is 34.9 Å². The number of benzene rings is 1. The van der Waals surface area contributed by atoms with Gasteiger partial charge in [0.15, 0.2) is 0 Å². The third-order valence-corrected chi connectivity index (χ3v) is 2.61. The Bertz CT molecular complexity index is 394. The third kappa shape index (κ3) is 4.63. The smallest absolute Gasteiger partial charge is 0.315 e. The number of carbonyl (C=O) groups excluding carboxylic acids is 1. The fourth-order valence-corrected chi connectivity index (χ4v) is 1.41. The van der Waals surface area contributed by atoms with Crippen molar-refractivity contribution in [2.45, 2.75) is 25.9 Å². The molecule has 5 heteroatoms. The van der Waals surface area contributed by atoms with Crippen LogP contribution in [0.3, 0.4) is 0 Å². The molecular weight excluding hydrogens is 240 g/mol. The van der Waals surface area contributed by atoms with Gasteiger partial charge < -0.3 is 15.7 Å². The van der Waals surface area contributed by atoms with E-state index in [-0.39, 0.29) is 12.6 Å². The Hall–Kier alpha value is -1.26. The van der Waals surface area contributed by atoms with Gasteiger partial charge in [-0.3, -0.25) is 0 Å². The minimum atomic E-state index is -0.634. The van der Waals surface area contributed by atoms with E-state index in [1.165, 1.54) is 0 Å². The summed E-state index contributed by atoms with van der Waals surface area (Å²) in [5.74, 6) is 0. The quantitative estimate of drug-likeness (QED) is 0.771. The summed E-state index contributed by atoms with van der Waals surface area (Å²) in [7, 11) is 0. The number of nitrogens with one attached hydrogen (secondary N) is 2. The summed E-state index contributed by atoms with van der Waals surface area (Å²) >= 11 is 5.96. The van der Waals surface area contributed by atoms with E-state index in [2.05, 4.69) is 10.6 Å². The van der Waals surface area contributed by atoms with Gasteiger partial charge in [-0.15, -0.1) is 0 Å². The molecule has 1 aromatic carbocycles. The molecule has 17 heavy (non-hydrogen) atoms. The average Bonchev–Trinajstić information content (AvgIpc) is 2.27. The molecule has 0 atom stereocenters. The molecule has 0 saturated carbocycles. The van der Waals surface area contributed by atoms with Crippen LogP contribution in [0.1, 0.15) is 19.4 Å². The molecule has 2 amide bonds. The summed E-state index contributed by atoms with van der Waals surface area (Å²) in [6, 6.07) is 6.98. The lowest BCUT2D eigenvalue weighted by atomic mass is 10.1. The normalized spacial score (nSPS) is 11.1. The molecule has 0 spiro atoms. The highest BCUT2D eigenvalue weighted by Gasteiger charge is 2.18. The minimum absolute atomic E-state index is 0.119. The number of aliphatic hydroxyl groups is 1. The van der Waals surface area contributed by atoms with Gasteiger partial charge in [-0.25, -0.2) is 4.79 Å². The molecule has 94 valence electrons. The SMILES string of the molecule is CC(C)(CO)NC(=O)NCc1ccccc1Cl. The largest absolute Gasteiger partial charge is 0.394 e. The van der Waals surface area contributed by atoms with Gasteiger partial charge in [0.2, 0.25) is 0 Å². The van der Waals surface area contributed by atoms with E-state index in [4.69, 9.17) is 16.7 Å². The first kappa shape index (κ1) is 13.8. The van der Waals surface area contributed by atoms with E-state index >= 15 is 0 Å². The van der Waals surface area contributed by atoms with Crippen molar-refractivity contribution in [1.82, 2.24) is 10.6 Å². The lowest BCUT2D eigenvalue weighted by Crippen LogP contribution is -2.50. The molecule has 0 aliphatic rings. The van der Waals surface area contributed by atoms with Crippen molar-refractivity contribution in [2.75, 3.05) is 6.61 Å². The van der Waals surface area contributed by atoms with E-state index in [0.717, 1.165) is 5.56 Å². The molecular formula is C12H17ClN2O2. The van der Waals surface area contributed by atoms with Crippen LogP contribution in [0.4, 0.5) is 4.79 Å². The first-order chi connectivity index (χ1) is 7.94. The Morgan fingerprint density at radius 3 is 2.65 bits per heavy atom. The van der Waals surface area contributed by atoms with Crippen LogP contribution < -0.4 is 10.6 Å². The van der Waals surface area contributed by atoms with Gasteiger partial charge in [0.1, 0.15) is 0 Å². The van der Waals surface area contributed by atoms with Gasteiger partial charge in [0, 0.05) is 11.6 Å². The molecule has 3 N–H and O–H groups in total. The minimum Gasteiger partial charge on any atom is -0.394 e. The number of aliphatic hydroxyl groups excluding tert-OH is 1. The summed E-state index contributed by atoms with van der Waals surface area (Å²) in [5, 5.41) is 15.0. The zero-order chi connectivity index (χ0) is 12.9. The molecule has 0 aromatic heterocycles. The number of hydrogen-bond acceptors (Lipinski definition) is 2. The van der Waals surface area contributed by atoms with Crippen LogP contribution in [-0.2, 0) is 6.54 Å². The molecule has 0 unspecified atom stereocenters. The van der Waals surface area contributed by atoms with Gasteiger partial charge in [-0.05, 0) is 25.5 Å². The Morgan fingerprint density at radius 2 is 2.06 bits per heavy atom. The molecule has 4 nitrogen and oxygen atoms in total. The molecule has 1 rings (SSSR count). The Kier molecular flexibility index (Phi) is 4.78. The van der Waals surface area contributed by atoms with Crippen molar-refractivity contribution in [1.29, 1.82) is 0 Å². The van der Waals surface area contributed by atoms with Crippen molar-refractivity contribution < 1.29 is 9.90 Å². The lowest BCUT2D eigenvalue weighted by molar-refractivity contribution is 0.182. The highest BCUT2D eigenvalue weighted by Crippen LogP contribution is 2.14. The van der Waals surface area contributed by atoms with Gasteiger partial charge in [0.25, 0.3) is 0 Å². The van der Waals surface area contributed by atoms with E-state index in [1.807, 2.05) is 18.2 Å². The number of rotatable bonds is 4. The molecule has 0 heterocycles. The van der Waals surface area contributed by atoms with Crippen LogP contribution in [0, 0.1) is 0 Å². The highest BCUT2D eigenvalue weighted by atomic mass is 35.5. The van der Waals surface area contributed by atoms with Crippen LogP contribution >= 0.6 is 11.6 Å². The Labute approximate surface area is 106 Å². The van der Waals surface area contributed by atoms with Crippen LogP contribution in [0.2, 0.25) is 5.02 Å². The predicted molar refractivity (Wildman–Crippen MR) is 68.0 cm³/mol. The van der Waals surface area contributed by atoms with Gasteiger partial charge in [0.05, 0.1) is 12.1 Å². The second-order valence-electron chi connectivity index (χ2n) is 4.44. The molecule has 0 saturated heterocycles. The van der Waals surface area contributed by atoms with E-state index < -0.39 is 5.54 Å². The highest BCUT2D eigenvalue weighted by molar-refractivity contribution is 6.31. The molecule has 1 aromatic rings. The van der Waals surface area contributed by atoms with E-state index in [1.54, 1.807) is 19.9 Å². The predicted octanol–water partition coefficient (Wildman–Crippen LogP) is 1.91. The zero-order valence-electron chi connectivity index (χ0n) is 9.96. The monoisotopic (exact) mass is 256 g/mol. The first-order valence-corrected chi connectivity index (χ1v) is 5.73. The Balaban J connectivity index is 2.47. The molecule has 0 fully saturated rings. The average molecular weight is 257 g/mol. The maximum absolute atomic E-state index is 11.5. The van der Waals surface area contributed by atoms with Crippen molar-refractivity contribution >= 4 is 17.6 Å². The van der Waals surface area contributed by atoms with Gasteiger partial charge in [-0.1, -0.05) is 29.8 Å². The second-order valence-corrected chi connectivity index (χ2v) is 4.85. The van der Waals surface area contributed by atoms with Crippen molar-refractivity contribution in [3.63, 3.8) is 0 Å². The summed E-state index contributed by atoms with van der Waals surface area (Å²) < 4.78 is 0. The van der Waals surface area contributed by atoms with Gasteiger partial charge >= 0.3 is 6.03 Å². The standard InChI is InChI=1S/C12H17ClN2O2/c1-12(2,8-16)15-11(17)14-7-9-5-3-4-6-10(9)13/h3-6,16H,7-8H2,1-2H3,(H2,14,15,17). The molecule has 0 aliphatic heterocycles. The van der Waals surface area contributed by atoms with Crippen molar-refractivity contribution in [3.8, 4) is 0 Å². The van der Waals surface area contributed by atoms with Crippen LogP contribution in [0.15, 0.2) is 24.3 Å². The fraction of sp³-hybridized carbons (Fsp3) is 0.417. The third-order valence-electron chi connectivity index (χ3n) is 2.24.